The number of sulfonamides is 1. The maximum Gasteiger partial charge on any atom is 0.275 e. The summed E-state index contributed by atoms with van der Waals surface area (Å²) in [7, 11) is -2.46. The lowest BCUT2D eigenvalue weighted by Gasteiger charge is -2.14. The van der Waals surface area contributed by atoms with Crippen LogP contribution in [0.5, 0.6) is 0 Å². The molecule has 1 aromatic heterocycles. The first-order valence-electron chi connectivity index (χ1n) is 9.30. The fraction of sp³-hybridized carbons (Fsp3) is 0.316. The molecule has 2 rings (SSSR count). The van der Waals surface area contributed by atoms with Crippen molar-refractivity contribution in [3.63, 3.8) is 0 Å². The van der Waals surface area contributed by atoms with Crippen molar-refractivity contribution in [2.45, 2.75) is 25.3 Å². The molecular weight excluding hydrogens is 424 g/mol. The van der Waals surface area contributed by atoms with Gasteiger partial charge in [0.25, 0.3) is 15.6 Å². The minimum Gasteiger partial charge on any atom is -0.368 e. The number of aliphatic imine (C=N–C) groups is 1. The van der Waals surface area contributed by atoms with Gasteiger partial charge in [-0.15, -0.1) is 0 Å². The van der Waals surface area contributed by atoms with Gasteiger partial charge in [-0.2, -0.15) is 0 Å². The Kier molecular flexibility index (Phi) is 8.16. The molecule has 0 radical (unpaired) electrons. The summed E-state index contributed by atoms with van der Waals surface area (Å²) in [5.41, 5.74) is 8.26. The van der Waals surface area contributed by atoms with Crippen LogP contribution in [0.3, 0.4) is 0 Å². The summed E-state index contributed by atoms with van der Waals surface area (Å²) in [6.07, 6.45) is 0. The van der Waals surface area contributed by atoms with Crippen molar-refractivity contribution >= 4 is 27.6 Å². The van der Waals surface area contributed by atoms with Gasteiger partial charge in [-0.05, 0) is 43.7 Å². The Morgan fingerprint density at radius 3 is 2.65 bits per heavy atom. The van der Waals surface area contributed by atoms with Crippen LogP contribution in [0.1, 0.15) is 11.3 Å². The van der Waals surface area contributed by atoms with Gasteiger partial charge < -0.3 is 15.6 Å². The van der Waals surface area contributed by atoms with Gasteiger partial charge in [-0.25, -0.2) is 13.9 Å². The van der Waals surface area contributed by atoms with Crippen LogP contribution in [0, 0.1) is 13.8 Å². The average molecular weight is 451 g/mol. The molecule has 31 heavy (non-hydrogen) atoms. The lowest BCUT2D eigenvalue weighted by atomic mass is 10.2. The molecule has 1 heterocycles. The van der Waals surface area contributed by atoms with Crippen LogP contribution in [-0.4, -0.2) is 45.1 Å². The molecule has 0 unspecified atom stereocenters. The summed E-state index contributed by atoms with van der Waals surface area (Å²) in [5, 5.41) is 2.59. The number of pyridine rings is 1. The molecule has 0 aliphatic carbocycles. The van der Waals surface area contributed by atoms with Crippen LogP contribution in [-0.2, 0) is 26.2 Å². The molecule has 11 nitrogen and oxygen atoms in total. The number of carbonyl (C=O) groups excluding carboxylic acids is 1. The minimum atomic E-state index is -3.95. The normalized spacial score (nSPS) is 11.8. The van der Waals surface area contributed by atoms with Crippen LogP contribution in [0.2, 0.25) is 0 Å². The number of guanidine groups is 1. The number of nitrogens with zero attached hydrogens (tertiary/aromatic N) is 2. The Balaban J connectivity index is 2.07. The first-order chi connectivity index (χ1) is 14.6. The number of rotatable bonds is 9. The second-order valence-corrected chi connectivity index (χ2v) is 8.29. The lowest BCUT2D eigenvalue weighted by molar-refractivity contribution is -0.122. The summed E-state index contributed by atoms with van der Waals surface area (Å²) in [5.74, 6) is -0.344. The maximum atomic E-state index is 12.8. The average Bonchev–Trinajstić information content (AvgIpc) is 2.72. The molecule has 0 aliphatic heterocycles. The van der Waals surface area contributed by atoms with E-state index in [1.165, 1.54) is 29.8 Å². The Hall–Kier alpha value is -3.38. The molecular formula is C19H26N6O5S. The number of nitrogens with two attached hydrogens (primary N) is 1. The van der Waals surface area contributed by atoms with E-state index in [0.717, 1.165) is 5.56 Å². The van der Waals surface area contributed by atoms with Gasteiger partial charge in [0.15, 0.2) is 0 Å². The van der Waals surface area contributed by atoms with Gasteiger partial charge >= 0.3 is 0 Å². The number of benzene rings is 1. The Morgan fingerprint density at radius 2 is 1.97 bits per heavy atom. The molecule has 1 aromatic carbocycles. The molecule has 168 valence electrons. The quantitative estimate of drug-likeness (QED) is 0.179. The molecule has 1 amide bonds. The highest BCUT2D eigenvalue weighted by molar-refractivity contribution is 7.92. The molecule has 2 aromatic rings. The molecule has 0 fully saturated rings. The van der Waals surface area contributed by atoms with Crippen molar-refractivity contribution in [1.29, 1.82) is 0 Å². The van der Waals surface area contributed by atoms with Crippen LogP contribution < -0.4 is 26.8 Å². The molecule has 0 aliphatic rings. The van der Waals surface area contributed by atoms with Gasteiger partial charge in [-0.1, -0.05) is 12.1 Å². The van der Waals surface area contributed by atoms with Gasteiger partial charge in [-0.3, -0.25) is 24.1 Å². The first kappa shape index (κ1) is 23.9. The summed E-state index contributed by atoms with van der Waals surface area (Å²) < 4.78 is 28.7. The number of carbonyl (C=O) groups is 1. The second-order valence-electron chi connectivity index (χ2n) is 6.61. The zero-order chi connectivity index (χ0) is 23.0. The van der Waals surface area contributed by atoms with E-state index in [9.17, 15) is 18.0 Å². The molecule has 0 atom stereocenters. The highest BCUT2D eigenvalue weighted by Gasteiger charge is 2.18. The number of nitrogens with one attached hydrogen (secondary N) is 3. The van der Waals surface area contributed by atoms with Crippen LogP contribution in [0.25, 0.3) is 0 Å². The highest BCUT2D eigenvalue weighted by Crippen LogP contribution is 2.15. The smallest absolute Gasteiger partial charge is 0.275 e. The van der Waals surface area contributed by atoms with Crippen molar-refractivity contribution < 1.29 is 18.0 Å². The zero-order valence-corrected chi connectivity index (χ0v) is 18.3. The third kappa shape index (κ3) is 6.83. The number of aryl methyl sites for hydroxylation is 2. The van der Waals surface area contributed by atoms with Gasteiger partial charge in [0.1, 0.15) is 12.2 Å². The standard InChI is InChI=1S/C19H26N6O5S/c1-13-5-4-6-15(11-13)31(28,29)24-16-8-7-14(2)25(18(16)27)12-17(26)22-9-10-30-23-19(20)21-3/h4-8,11,24H,9-10,12H2,1-3H3,(H,22,26)(H3,20,21,23). The van der Waals surface area contributed by atoms with E-state index >= 15 is 0 Å². The van der Waals surface area contributed by atoms with Crippen LogP contribution in [0.4, 0.5) is 5.69 Å². The van der Waals surface area contributed by atoms with E-state index in [1.807, 2.05) is 0 Å². The van der Waals surface area contributed by atoms with E-state index in [2.05, 4.69) is 20.5 Å². The number of hydrogen-bond acceptors (Lipinski definition) is 6. The van der Waals surface area contributed by atoms with Gasteiger partial charge in [0, 0.05) is 19.3 Å². The molecule has 0 saturated heterocycles. The van der Waals surface area contributed by atoms with Gasteiger partial charge in [0.05, 0.1) is 11.5 Å². The lowest BCUT2D eigenvalue weighted by Crippen LogP contribution is -2.38. The van der Waals surface area contributed by atoms with Gasteiger partial charge in [0.2, 0.25) is 11.9 Å². The maximum absolute atomic E-state index is 12.8. The number of hydrogen-bond donors (Lipinski definition) is 4. The highest BCUT2D eigenvalue weighted by atomic mass is 32.2. The van der Waals surface area contributed by atoms with Crippen LogP contribution >= 0.6 is 0 Å². The second kappa shape index (κ2) is 10.6. The number of anilines is 1. The summed E-state index contributed by atoms with van der Waals surface area (Å²) in [4.78, 5) is 33.6. The first-order valence-corrected chi connectivity index (χ1v) is 10.8. The minimum absolute atomic E-state index is 0.0409. The SMILES string of the molecule is CN=C(N)NOCCNC(=O)Cn1c(C)ccc(NS(=O)(=O)c2cccc(C)c2)c1=O. The van der Waals surface area contributed by atoms with Crippen molar-refractivity contribution in [3.05, 3.63) is 58.0 Å². The van der Waals surface area contributed by atoms with Crippen molar-refractivity contribution in [2.75, 3.05) is 24.9 Å². The fourth-order valence-electron chi connectivity index (χ4n) is 2.54. The number of amides is 1. The van der Waals surface area contributed by atoms with E-state index in [1.54, 1.807) is 32.0 Å². The van der Waals surface area contributed by atoms with Crippen molar-refractivity contribution in [2.24, 2.45) is 10.7 Å². The zero-order valence-electron chi connectivity index (χ0n) is 17.5. The third-order valence-electron chi connectivity index (χ3n) is 4.18. The molecule has 0 spiro atoms. The largest absolute Gasteiger partial charge is 0.368 e. The van der Waals surface area contributed by atoms with Crippen LogP contribution in [0.15, 0.2) is 51.1 Å². The van der Waals surface area contributed by atoms with Crippen molar-refractivity contribution in [3.8, 4) is 0 Å². The van der Waals surface area contributed by atoms with Crippen molar-refractivity contribution in [1.82, 2.24) is 15.4 Å². The molecule has 0 saturated carbocycles. The fourth-order valence-corrected chi connectivity index (χ4v) is 3.70. The summed E-state index contributed by atoms with van der Waals surface area (Å²) >= 11 is 0. The molecule has 12 heteroatoms. The predicted octanol–water partition coefficient (Wildman–Crippen LogP) is -0.152. The van der Waals surface area contributed by atoms with E-state index < -0.39 is 21.5 Å². The van der Waals surface area contributed by atoms with E-state index in [4.69, 9.17) is 10.6 Å². The Bertz CT molecular complexity index is 1130. The molecule has 5 N–H and O–H groups in total. The van der Waals surface area contributed by atoms with E-state index in [0.29, 0.717) is 5.69 Å². The topological polar surface area (TPSA) is 157 Å². The number of aromatic nitrogens is 1. The third-order valence-corrected chi connectivity index (χ3v) is 5.55. The van der Waals surface area contributed by atoms with E-state index in [-0.39, 0.29) is 36.2 Å². The summed E-state index contributed by atoms with van der Waals surface area (Å²) in [6.45, 7) is 3.41. The molecule has 0 bridgehead atoms. The summed E-state index contributed by atoms with van der Waals surface area (Å²) in [6, 6.07) is 9.25. The monoisotopic (exact) mass is 450 g/mol. The predicted molar refractivity (Wildman–Crippen MR) is 117 cm³/mol. The number of hydroxylamine groups is 1. The Morgan fingerprint density at radius 1 is 1.23 bits per heavy atom. The Labute approximate surface area is 180 Å².